The highest BCUT2D eigenvalue weighted by Gasteiger charge is 2.45. The number of amides is 4. The molecule has 2 heterocycles. The molecular weight excluding hydrogens is 388 g/mol. The van der Waals surface area contributed by atoms with Crippen LogP contribution in [0.25, 0.3) is 0 Å². The predicted molar refractivity (Wildman–Crippen MR) is 91.7 cm³/mol. The number of hydrogen-bond acceptors (Lipinski definition) is 9. The number of ketones is 2. The van der Waals surface area contributed by atoms with E-state index in [1.54, 1.807) is 0 Å². The van der Waals surface area contributed by atoms with E-state index in [-0.39, 0.29) is 43.8 Å². The molecule has 0 bridgehead atoms. The van der Waals surface area contributed by atoms with E-state index < -0.39 is 35.6 Å². The molecule has 4 rings (SSSR count). The van der Waals surface area contributed by atoms with E-state index in [1.807, 2.05) is 0 Å². The van der Waals surface area contributed by atoms with Crippen LogP contribution in [0.1, 0.15) is 20.7 Å². The van der Waals surface area contributed by atoms with E-state index in [9.17, 15) is 39.0 Å². The van der Waals surface area contributed by atoms with Gasteiger partial charge in [-0.3, -0.25) is 19.2 Å². The van der Waals surface area contributed by atoms with Gasteiger partial charge in [0.2, 0.25) is 0 Å². The Kier molecular flexibility index (Phi) is 3.69. The minimum Gasteiger partial charge on any atom is -0.508 e. The maximum absolute atomic E-state index is 12.4. The molecule has 2 aliphatic heterocycles. The number of ether oxygens (including phenoxy) is 1. The Labute approximate surface area is 160 Å². The maximum Gasteiger partial charge on any atom is 0.430 e. The normalized spacial score (nSPS) is 14.9. The van der Waals surface area contributed by atoms with E-state index in [0.717, 1.165) is 36.4 Å². The van der Waals surface area contributed by atoms with Crippen LogP contribution in [-0.4, -0.2) is 45.8 Å². The van der Waals surface area contributed by atoms with E-state index in [1.165, 1.54) is 0 Å². The Morgan fingerprint density at radius 2 is 1.07 bits per heavy atom. The monoisotopic (exact) mass is 396 g/mol. The molecule has 0 saturated heterocycles. The third-order valence-electron chi connectivity index (χ3n) is 4.27. The number of phenolic OH excluding ortho intramolecular Hbond substituents is 2. The second-order valence-electron chi connectivity index (χ2n) is 5.98. The largest absolute Gasteiger partial charge is 0.508 e. The van der Waals surface area contributed by atoms with Crippen molar-refractivity contribution in [3.8, 4) is 11.5 Å². The van der Waals surface area contributed by atoms with Gasteiger partial charge in [-0.05, 0) is 24.3 Å². The minimum absolute atomic E-state index is 0.195. The highest BCUT2D eigenvalue weighted by atomic mass is 16.6. The summed E-state index contributed by atoms with van der Waals surface area (Å²) in [5.74, 6) is -5.50. The van der Waals surface area contributed by atoms with Crippen LogP contribution in [0.5, 0.6) is 11.5 Å². The molecule has 0 unspecified atom stereocenters. The zero-order chi connectivity index (χ0) is 21.0. The number of carbonyl (C=O) groups is 6. The fourth-order valence-electron chi connectivity index (χ4n) is 2.97. The van der Waals surface area contributed by atoms with Gasteiger partial charge in [-0.2, -0.15) is 0 Å². The van der Waals surface area contributed by atoms with Crippen LogP contribution >= 0.6 is 0 Å². The van der Waals surface area contributed by atoms with Gasteiger partial charge in [-0.15, -0.1) is 0 Å². The highest BCUT2D eigenvalue weighted by Crippen LogP contribution is 2.34. The number of carbonyl (C=O) groups excluding carboxylic acids is 6. The quantitative estimate of drug-likeness (QED) is 0.491. The summed E-state index contributed by atoms with van der Waals surface area (Å²) in [6.45, 7) is 0. The van der Waals surface area contributed by atoms with Gasteiger partial charge in [-0.25, -0.2) is 19.4 Å². The smallest absolute Gasteiger partial charge is 0.430 e. The molecule has 29 heavy (non-hydrogen) atoms. The average molecular weight is 396 g/mol. The number of imide groups is 2. The number of hydrogen-bond donors (Lipinski definition) is 2. The molecule has 2 aliphatic rings. The van der Waals surface area contributed by atoms with Gasteiger partial charge in [0.1, 0.15) is 11.5 Å². The molecule has 11 heteroatoms. The topological polar surface area (TPSA) is 159 Å². The Balaban J connectivity index is 1.65. The first kappa shape index (κ1) is 17.9. The van der Waals surface area contributed by atoms with Gasteiger partial charge >= 0.3 is 24.0 Å². The van der Waals surface area contributed by atoms with Crippen molar-refractivity contribution in [3.63, 3.8) is 0 Å². The molecule has 0 atom stereocenters. The standard InChI is InChI=1S/C18H8N2O9/c21-7-1-3-9-11(5-7)19(15(25)13(9)23)17(27)29-18(28)20-12-6-8(22)2-4-10(12)14(24)16(20)26/h1-6,21-22H. The van der Waals surface area contributed by atoms with Crippen LogP contribution in [0.3, 0.4) is 0 Å². The molecule has 0 aromatic heterocycles. The van der Waals surface area contributed by atoms with Crippen molar-refractivity contribution in [3.05, 3.63) is 47.5 Å². The maximum atomic E-state index is 12.4. The first-order chi connectivity index (χ1) is 13.7. The summed E-state index contributed by atoms with van der Waals surface area (Å²) in [6, 6.07) is 6.37. The number of nitrogens with zero attached hydrogens (tertiary/aromatic N) is 2. The van der Waals surface area contributed by atoms with Crippen LogP contribution in [-0.2, 0) is 14.3 Å². The third-order valence-corrected chi connectivity index (χ3v) is 4.27. The summed E-state index contributed by atoms with van der Waals surface area (Å²) in [4.78, 5) is 73.3. The molecule has 0 aliphatic carbocycles. The number of anilines is 2. The Hall–Kier alpha value is -4.54. The predicted octanol–water partition coefficient (Wildman–Crippen LogP) is 1.11. The molecule has 0 radical (unpaired) electrons. The van der Waals surface area contributed by atoms with E-state index >= 15 is 0 Å². The number of fused-ring (bicyclic) bond motifs is 2. The van der Waals surface area contributed by atoms with Gasteiger partial charge in [0, 0.05) is 12.1 Å². The fraction of sp³-hybridized carbons (Fsp3) is 0. The van der Waals surface area contributed by atoms with Crippen LogP contribution < -0.4 is 9.80 Å². The molecule has 144 valence electrons. The van der Waals surface area contributed by atoms with Crippen molar-refractivity contribution >= 4 is 46.9 Å². The van der Waals surface area contributed by atoms with Gasteiger partial charge in [0.15, 0.2) is 0 Å². The highest BCUT2D eigenvalue weighted by molar-refractivity contribution is 6.57. The van der Waals surface area contributed by atoms with Crippen LogP contribution in [0, 0.1) is 0 Å². The van der Waals surface area contributed by atoms with Crippen LogP contribution in [0.15, 0.2) is 36.4 Å². The molecule has 2 N–H and O–H groups in total. The summed E-state index contributed by atoms with van der Waals surface area (Å²) in [7, 11) is 0. The Morgan fingerprint density at radius 1 is 0.690 bits per heavy atom. The zero-order valence-electron chi connectivity index (χ0n) is 14.1. The van der Waals surface area contributed by atoms with E-state index in [2.05, 4.69) is 4.74 Å². The Bertz CT molecular complexity index is 1090. The van der Waals surface area contributed by atoms with Crippen LogP contribution in [0.4, 0.5) is 21.0 Å². The molecule has 2 aromatic carbocycles. The lowest BCUT2D eigenvalue weighted by Gasteiger charge is -2.17. The second-order valence-corrected chi connectivity index (χ2v) is 5.98. The molecule has 11 nitrogen and oxygen atoms in total. The molecule has 2 aromatic rings. The second kappa shape index (κ2) is 5.99. The average Bonchev–Trinajstić information content (AvgIpc) is 3.05. The fourth-order valence-corrected chi connectivity index (χ4v) is 2.97. The van der Waals surface area contributed by atoms with E-state index in [0.29, 0.717) is 0 Å². The van der Waals surface area contributed by atoms with Gasteiger partial charge in [0.05, 0.1) is 22.5 Å². The number of aromatic hydroxyl groups is 2. The first-order valence-electron chi connectivity index (χ1n) is 7.90. The number of Topliss-reactive ketones (excluding diaryl/α,β-unsaturated/α-hetero) is 2. The Morgan fingerprint density at radius 3 is 1.45 bits per heavy atom. The summed E-state index contributed by atoms with van der Waals surface area (Å²) in [6.07, 6.45) is -3.24. The van der Waals surface area contributed by atoms with Crippen molar-refractivity contribution in [1.29, 1.82) is 0 Å². The van der Waals surface area contributed by atoms with Crippen molar-refractivity contribution in [2.75, 3.05) is 9.80 Å². The molecule has 0 spiro atoms. The van der Waals surface area contributed by atoms with E-state index in [4.69, 9.17) is 0 Å². The summed E-state index contributed by atoms with van der Waals surface area (Å²) in [5, 5.41) is 19.1. The van der Waals surface area contributed by atoms with Gasteiger partial charge in [-0.1, -0.05) is 0 Å². The summed E-state index contributed by atoms with van der Waals surface area (Å²) >= 11 is 0. The lowest BCUT2D eigenvalue weighted by molar-refractivity contribution is -0.114. The van der Waals surface area contributed by atoms with Crippen molar-refractivity contribution in [2.24, 2.45) is 0 Å². The lowest BCUT2D eigenvalue weighted by atomic mass is 10.1. The number of benzene rings is 2. The minimum atomic E-state index is -1.62. The molecular formula is C18H8N2O9. The van der Waals surface area contributed by atoms with Crippen molar-refractivity contribution < 1.29 is 43.7 Å². The van der Waals surface area contributed by atoms with Gasteiger partial charge < -0.3 is 14.9 Å². The lowest BCUT2D eigenvalue weighted by Crippen LogP contribution is -2.42. The number of rotatable bonds is 0. The number of phenols is 2. The van der Waals surface area contributed by atoms with Crippen molar-refractivity contribution in [2.45, 2.75) is 0 Å². The van der Waals surface area contributed by atoms with Gasteiger partial charge in [0.25, 0.3) is 11.6 Å². The van der Waals surface area contributed by atoms with Crippen LogP contribution in [0.2, 0.25) is 0 Å². The SMILES string of the molecule is O=C1C(=O)N(C(=O)OC(=O)N2C(=O)C(=O)c3ccc(O)cc32)c2cc(O)ccc21. The molecule has 0 fully saturated rings. The van der Waals surface area contributed by atoms with Crippen molar-refractivity contribution in [1.82, 2.24) is 0 Å². The third kappa shape index (κ3) is 2.52. The zero-order valence-corrected chi connectivity index (χ0v) is 14.1. The summed E-state index contributed by atoms with van der Waals surface area (Å²) < 4.78 is 4.51. The molecule has 4 amide bonds. The molecule has 0 saturated carbocycles. The first-order valence-corrected chi connectivity index (χ1v) is 7.90. The summed E-state index contributed by atoms with van der Waals surface area (Å²) in [5.41, 5.74) is -1.00.